The number of nitrogens with two attached hydrogens (primary N) is 1. The van der Waals surface area contributed by atoms with Gasteiger partial charge in [-0.15, -0.1) is 0 Å². The first-order chi connectivity index (χ1) is 8.97. The molecule has 0 radical (unpaired) electrons. The second-order valence-corrected chi connectivity index (χ2v) is 5.98. The van der Waals surface area contributed by atoms with E-state index in [1.165, 1.54) is 12.1 Å². The number of sulfonamides is 1. The maximum absolute atomic E-state index is 11.1. The number of benzene rings is 2. The van der Waals surface area contributed by atoms with Crippen LogP contribution < -0.4 is 10.5 Å². The molecule has 100 valence electrons. The second kappa shape index (κ2) is 5.61. The Hall–Kier alpha value is -1.56. The van der Waals surface area contributed by atoms with Crippen LogP contribution >= 0.6 is 11.6 Å². The topological polar surface area (TPSA) is 72.2 Å². The van der Waals surface area contributed by atoms with Gasteiger partial charge in [0.1, 0.15) is 0 Å². The molecule has 0 spiro atoms. The van der Waals surface area contributed by atoms with Gasteiger partial charge in [0, 0.05) is 17.3 Å². The molecule has 2 aromatic carbocycles. The Balaban J connectivity index is 2.07. The van der Waals surface area contributed by atoms with Gasteiger partial charge in [0.2, 0.25) is 10.0 Å². The smallest absolute Gasteiger partial charge is 0.238 e. The Morgan fingerprint density at radius 2 is 1.68 bits per heavy atom. The lowest BCUT2D eigenvalue weighted by atomic mass is 10.2. The molecule has 0 atom stereocenters. The van der Waals surface area contributed by atoms with Gasteiger partial charge >= 0.3 is 0 Å². The van der Waals surface area contributed by atoms with Crippen LogP contribution in [-0.2, 0) is 16.6 Å². The van der Waals surface area contributed by atoms with Gasteiger partial charge in [-0.25, -0.2) is 13.6 Å². The maximum atomic E-state index is 11.1. The molecule has 0 aromatic heterocycles. The number of hydrogen-bond donors (Lipinski definition) is 2. The monoisotopic (exact) mass is 296 g/mol. The van der Waals surface area contributed by atoms with E-state index in [1.54, 1.807) is 12.1 Å². The summed E-state index contributed by atoms with van der Waals surface area (Å²) in [5.41, 5.74) is 1.77. The average Bonchev–Trinajstić information content (AvgIpc) is 2.37. The van der Waals surface area contributed by atoms with Gasteiger partial charge in [0.15, 0.2) is 0 Å². The summed E-state index contributed by atoms with van der Waals surface area (Å²) in [5, 5.41) is 8.88. The summed E-state index contributed by atoms with van der Waals surface area (Å²) >= 11 is 6.04. The number of anilines is 1. The van der Waals surface area contributed by atoms with Crippen molar-refractivity contribution < 1.29 is 8.42 Å². The van der Waals surface area contributed by atoms with Crippen molar-refractivity contribution in [3.05, 3.63) is 59.1 Å². The highest BCUT2D eigenvalue weighted by Crippen LogP contribution is 2.18. The fourth-order valence-corrected chi connectivity index (χ4v) is 2.32. The standard InChI is InChI=1S/C13H13ClN2O2S/c14-13-4-2-1-3-10(13)9-16-11-5-7-12(8-6-11)19(15,17)18/h1-8,16H,9H2,(H2,15,17,18). The molecule has 0 aliphatic heterocycles. The highest BCUT2D eigenvalue weighted by atomic mass is 35.5. The van der Waals surface area contributed by atoms with Gasteiger partial charge in [-0.1, -0.05) is 29.8 Å². The molecular weight excluding hydrogens is 284 g/mol. The molecule has 6 heteroatoms. The van der Waals surface area contributed by atoms with Crippen LogP contribution in [0.1, 0.15) is 5.56 Å². The third-order valence-electron chi connectivity index (χ3n) is 2.62. The van der Waals surface area contributed by atoms with Crippen molar-refractivity contribution in [2.24, 2.45) is 5.14 Å². The zero-order valence-electron chi connectivity index (χ0n) is 10.0. The zero-order valence-corrected chi connectivity index (χ0v) is 11.6. The molecular formula is C13H13ClN2O2S. The lowest BCUT2D eigenvalue weighted by molar-refractivity contribution is 0.598. The summed E-state index contributed by atoms with van der Waals surface area (Å²) in [6.45, 7) is 0.564. The van der Waals surface area contributed by atoms with Crippen molar-refractivity contribution in [1.82, 2.24) is 0 Å². The van der Waals surface area contributed by atoms with Crippen LogP contribution in [0.2, 0.25) is 5.02 Å². The molecule has 0 heterocycles. The molecule has 0 bridgehead atoms. The van der Waals surface area contributed by atoms with Crippen molar-refractivity contribution in [3.8, 4) is 0 Å². The van der Waals surface area contributed by atoms with E-state index >= 15 is 0 Å². The van der Waals surface area contributed by atoms with Crippen molar-refractivity contribution in [2.45, 2.75) is 11.4 Å². The molecule has 0 saturated carbocycles. The largest absolute Gasteiger partial charge is 0.381 e. The van der Waals surface area contributed by atoms with E-state index < -0.39 is 10.0 Å². The van der Waals surface area contributed by atoms with Gasteiger partial charge < -0.3 is 5.32 Å². The molecule has 2 rings (SSSR count). The van der Waals surface area contributed by atoms with Crippen LogP contribution in [0.15, 0.2) is 53.4 Å². The minimum absolute atomic E-state index is 0.0933. The van der Waals surface area contributed by atoms with Gasteiger partial charge in [-0.2, -0.15) is 0 Å². The quantitative estimate of drug-likeness (QED) is 0.911. The Kier molecular flexibility index (Phi) is 4.09. The second-order valence-electron chi connectivity index (χ2n) is 4.01. The number of primary sulfonamides is 1. The molecule has 4 nitrogen and oxygen atoms in total. The molecule has 0 fully saturated rings. The molecule has 0 amide bonds. The van der Waals surface area contributed by atoms with E-state index in [4.69, 9.17) is 16.7 Å². The number of halogens is 1. The first-order valence-corrected chi connectivity index (χ1v) is 7.49. The summed E-state index contributed by atoms with van der Waals surface area (Å²) in [6.07, 6.45) is 0. The molecule has 0 aliphatic rings. The van der Waals surface area contributed by atoms with Crippen molar-refractivity contribution in [1.29, 1.82) is 0 Å². The van der Waals surface area contributed by atoms with E-state index in [0.29, 0.717) is 11.6 Å². The zero-order chi connectivity index (χ0) is 13.9. The molecule has 19 heavy (non-hydrogen) atoms. The molecule has 0 unspecified atom stereocenters. The van der Waals surface area contributed by atoms with Crippen molar-refractivity contribution >= 4 is 27.3 Å². The van der Waals surface area contributed by atoms with Crippen molar-refractivity contribution in [2.75, 3.05) is 5.32 Å². The Morgan fingerprint density at radius 1 is 1.05 bits per heavy atom. The summed E-state index contributed by atoms with van der Waals surface area (Å²) < 4.78 is 22.2. The summed E-state index contributed by atoms with van der Waals surface area (Å²) in [4.78, 5) is 0.0933. The molecule has 0 aliphatic carbocycles. The van der Waals surface area contributed by atoms with Gasteiger partial charge in [-0.05, 0) is 35.9 Å². The minimum atomic E-state index is -3.64. The fourth-order valence-electron chi connectivity index (χ4n) is 1.60. The van der Waals surface area contributed by atoms with Crippen LogP contribution in [-0.4, -0.2) is 8.42 Å². The summed E-state index contributed by atoms with van der Waals surface area (Å²) in [7, 11) is -3.64. The van der Waals surface area contributed by atoms with Crippen LogP contribution in [0.5, 0.6) is 0 Å². The van der Waals surface area contributed by atoms with E-state index in [9.17, 15) is 8.42 Å². The fraction of sp³-hybridized carbons (Fsp3) is 0.0769. The predicted molar refractivity (Wildman–Crippen MR) is 76.6 cm³/mol. The van der Waals surface area contributed by atoms with E-state index in [0.717, 1.165) is 11.3 Å². The van der Waals surface area contributed by atoms with Crippen LogP contribution in [0.25, 0.3) is 0 Å². The van der Waals surface area contributed by atoms with E-state index in [1.807, 2.05) is 24.3 Å². The molecule has 0 saturated heterocycles. The number of hydrogen-bond acceptors (Lipinski definition) is 3. The Morgan fingerprint density at radius 3 is 2.26 bits per heavy atom. The normalized spacial score (nSPS) is 11.3. The van der Waals surface area contributed by atoms with Gasteiger partial charge in [0.25, 0.3) is 0 Å². The minimum Gasteiger partial charge on any atom is -0.381 e. The van der Waals surface area contributed by atoms with Gasteiger partial charge in [-0.3, -0.25) is 0 Å². The number of nitrogens with one attached hydrogen (secondary N) is 1. The first kappa shape index (κ1) is 13.9. The first-order valence-electron chi connectivity index (χ1n) is 5.57. The molecule has 3 N–H and O–H groups in total. The lowest BCUT2D eigenvalue weighted by Gasteiger charge is -2.08. The maximum Gasteiger partial charge on any atom is 0.238 e. The third kappa shape index (κ3) is 3.70. The average molecular weight is 297 g/mol. The van der Waals surface area contributed by atoms with Crippen molar-refractivity contribution in [3.63, 3.8) is 0 Å². The highest BCUT2D eigenvalue weighted by molar-refractivity contribution is 7.89. The van der Waals surface area contributed by atoms with E-state index in [-0.39, 0.29) is 4.90 Å². The Labute approximate surface area is 117 Å². The summed E-state index contributed by atoms with van der Waals surface area (Å²) in [6, 6.07) is 13.8. The molecule has 2 aromatic rings. The predicted octanol–water partition coefficient (Wildman–Crippen LogP) is 2.60. The number of rotatable bonds is 4. The van der Waals surface area contributed by atoms with Crippen LogP contribution in [0.3, 0.4) is 0 Å². The van der Waals surface area contributed by atoms with Gasteiger partial charge in [0.05, 0.1) is 4.90 Å². The third-order valence-corrected chi connectivity index (χ3v) is 3.92. The van der Waals surface area contributed by atoms with Crippen LogP contribution in [0, 0.1) is 0 Å². The van der Waals surface area contributed by atoms with E-state index in [2.05, 4.69) is 5.32 Å². The van der Waals surface area contributed by atoms with Crippen LogP contribution in [0.4, 0.5) is 5.69 Å². The Bertz CT molecular complexity index is 669. The lowest BCUT2D eigenvalue weighted by Crippen LogP contribution is -2.12. The highest BCUT2D eigenvalue weighted by Gasteiger charge is 2.06. The summed E-state index contributed by atoms with van der Waals surface area (Å²) in [5.74, 6) is 0. The SMILES string of the molecule is NS(=O)(=O)c1ccc(NCc2ccccc2Cl)cc1.